The Morgan fingerprint density at radius 3 is 2.60 bits per heavy atom. The lowest BCUT2D eigenvalue weighted by molar-refractivity contribution is -0.121. The third kappa shape index (κ3) is 7.21. The maximum absolute atomic E-state index is 12.2. The first-order valence-electron chi connectivity index (χ1n) is 11.7. The molecule has 1 aromatic heterocycles. The minimum atomic E-state index is 0.0742. The second-order valence-electron chi connectivity index (χ2n) is 8.36. The predicted molar refractivity (Wildman–Crippen MR) is 142 cm³/mol. The largest absolute Gasteiger partial charge is 0.379 e. The summed E-state index contributed by atoms with van der Waals surface area (Å²) in [4.78, 5) is 14.6. The SMILES string of the molecule is Cc1ccc(-c2nnc(SCCCC(=O)NCCN3CCOCC3)n2-c2ccc(Cl)c(Cl)c2)cc1. The van der Waals surface area contributed by atoms with Crippen molar-refractivity contribution in [3.05, 3.63) is 58.1 Å². The summed E-state index contributed by atoms with van der Waals surface area (Å²) in [6, 6.07) is 13.7. The average molecular weight is 535 g/mol. The molecule has 1 N–H and O–H groups in total. The van der Waals surface area contributed by atoms with E-state index in [0.717, 1.165) is 67.3 Å². The molecule has 0 saturated carbocycles. The molecule has 3 aromatic rings. The van der Waals surface area contributed by atoms with E-state index >= 15 is 0 Å². The lowest BCUT2D eigenvalue weighted by atomic mass is 10.1. The van der Waals surface area contributed by atoms with Gasteiger partial charge in [-0.3, -0.25) is 14.3 Å². The van der Waals surface area contributed by atoms with Gasteiger partial charge in [-0.1, -0.05) is 64.8 Å². The van der Waals surface area contributed by atoms with Gasteiger partial charge in [0.2, 0.25) is 5.91 Å². The molecule has 2 aromatic carbocycles. The molecule has 0 unspecified atom stereocenters. The van der Waals surface area contributed by atoms with E-state index in [-0.39, 0.29) is 5.91 Å². The number of rotatable bonds is 10. The van der Waals surface area contributed by atoms with Crippen LogP contribution in [0.3, 0.4) is 0 Å². The number of benzene rings is 2. The number of aryl methyl sites for hydroxylation is 1. The van der Waals surface area contributed by atoms with Crippen molar-refractivity contribution in [2.24, 2.45) is 0 Å². The van der Waals surface area contributed by atoms with Gasteiger partial charge in [0.1, 0.15) is 0 Å². The van der Waals surface area contributed by atoms with Gasteiger partial charge in [0, 0.05) is 43.9 Å². The second kappa shape index (κ2) is 12.7. The van der Waals surface area contributed by atoms with Crippen LogP contribution in [0.15, 0.2) is 47.6 Å². The Morgan fingerprint density at radius 1 is 1.09 bits per heavy atom. The molecule has 0 atom stereocenters. The van der Waals surface area contributed by atoms with Crippen molar-refractivity contribution in [1.29, 1.82) is 0 Å². The smallest absolute Gasteiger partial charge is 0.220 e. The number of carbonyl (C=O) groups excluding carboxylic acids is 1. The zero-order valence-corrected chi connectivity index (χ0v) is 22.0. The molecule has 2 heterocycles. The van der Waals surface area contributed by atoms with Gasteiger partial charge in [-0.15, -0.1) is 10.2 Å². The molecule has 7 nitrogen and oxygen atoms in total. The lowest BCUT2D eigenvalue weighted by Gasteiger charge is -2.26. The Labute approximate surface area is 220 Å². The maximum atomic E-state index is 12.2. The molecule has 1 amide bonds. The van der Waals surface area contributed by atoms with Crippen LogP contribution in [0.1, 0.15) is 18.4 Å². The Balaban J connectivity index is 1.36. The molecule has 186 valence electrons. The number of carbonyl (C=O) groups is 1. The van der Waals surface area contributed by atoms with E-state index in [0.29, 0.717) is 23.0 Å². The second-order valence-corrected chi connectivity index (χ2v) is 10.2. The highest BCUT2D eigenvalue weighted by atomic mass is 35.5. The molecule has 35 heavy (non-hydrogen) atoms. The number of amides is 1. The molecule has 0 bridgehead atoms. The number of ether oxygens (including phenoxy) is 1. The van der Waals surface area contributed by atoms with Crippen LogP contribution in [0.4, 0.5) is 0 Å². The molecule has 1 aliphatic rings. The fourth-order valence-corrected chi connectivity index (χ4v) is 4.96. The standard InChI is InChI=1S/C25H29Cl2N5O2S/c1-18-4-6-19(7-5-18)24-29-30-25(32(24)20-8-9-21(26)22(27)17-20)35-16-2-3-23(33)28-10-11-31-12-14-34-15-13-31/h4-9,17H,2-3,10-16H2,1H3,(H,28,33). The van der Waals surface area contributed by atoms with Crippen LogP contribution in [0.5, 0.6) is 0 Å². The Morgan fingerprint density at radius 2 is 1.86 bits per heavy atom. The number of thioether (sulfide) groups is 1. The fraction of sp³-hybridized carbons (Fsp3) is 0.400. The van der Waals surface area contributed by atoms with Crippen LogP contribution < -0.4 is 5.32 Å². The number of halogens is 2. The van der Waals surface area contributed by atoms with Crippen LogP contribution in [0.25, 0.3) is 17.1 Å². The molecule has 1 fully saturated rings. The third-order valence-corrected chi connectivity index (χ3v) is 7.49. The molecule has 0 aliphatic carbocycles. The van der Waals surface area contributed by atoms with Gasteiger partial charge in [0.25, 0.3) is 0 Å². The first kappa shape index (κ1) is 26.0. The van der Waals surface area contributed by atoms with E-state index in [1.54, 1.807) is 17.8 Å². The first-order chi connectivity index (χ1) is 17.0. The third-order valence-electron chi connectivity index (χ3n) is 5.74. The zero-order chi connectivity index (χ0) is 24.6. The van der Waals surface area contributed by atoms with Gasteiger partial charge in [-0.05, 0) is 31.5 Å². The molecule has 0 spiro atoms. The Kier molecular flexibility index (Phi) is 9.45. The summed E-state index contributed by atoms with van der Waals surface area (Å²) in [5.74, 6) is 1.54. The number of nitrogens with zero attached hydrogens (tertiary/aromatic N) is 4. The minimum Gasteiger partial charge on any atom is -0.379 e. The quantitative estimate of drug-likeness (QED) is 0.296. The van der Waals surface area contributed by atoms with Crippen molar-refractivity contribution in [2.45, 2.75) is 24.9 Å². The maximum Gasteiger partial charge on any atom is 0.220 e. The molecular formula is C25H29Cl2N5O2S. The lowest BCUT2D eigenvalue weighted by Crippen LogP contribution is -2.41. The highest BCUT2D eigenvalue weighted by Gasteiger charge is 2.17. The van der Waals surface area contributed by atoms with Crippen LogP contribution in [-0.4, -0.2) is 70.7 Å². The summed E-state index contributed by atoms with van der Waals surface area (Å²) >= 11 is 14.0. The van der Waals surface area contributed by atoms with Crippen LogP contribution in [0, 0.1) is 6.92 Å². The van der Waals surface area contributed by atoms with Crippen molar-refractivity contribution in [3.63, 3.8) is 0 Å². The van der Waals surface area contributed by atoms with Crippen molar-refractivity contribution in [1.82, 2.24) is 25.0 Å². The molecule has 0 radical (unpaired) electrons. The average Bonchev–Trinajstić information content (AvgIpc) is 3.28. The molecule has 1 aliphatic heterocycles. The van der Waals surface area contributed by atoms with E-state index < -0.39 is 0 Å². The van der Waals surface area contributed by atoms with E-state index in [1.165, 1.54) is 5.56 Å². The summed E-state index contributed by atoms with van der Waals surface area (Å²) < 4.78 is 7.34. The molecular weight excluding hydrogens is 505 g/mol. The van der Waals surface area contributed by atoms with Crippen LogP contribution in [0.2, 0.25) is 10.0 Å². The highest BCUT2D eigenvalue weighted by molar-refractivity contribution is 7.99. The topological polar surface area (TPSA) is 72.3 Å². The van der Waals surface area contributed by atoms with Gasteiger partial charge in [-0.25, -0.2) is 0 Å². The van der Waals surface area contributed by atoms with E-state index in [1.807, 2.05) is 47.9 Å². The number of hydrogen-bond acceptors (Lipinski definition) is 6. The van der Waals surface area contributed by atoms with Crippen molar-refractivity contribution >= 4 is 40.9 Å². The van der Waals surface area contributed by atoms with Gasteiger partial charge in [0.15, 0.2) is 11.0 Å². The fourth-order valence-electron chi connectivity index (χ4n) is 3.77. The van der Waals surface area contributed by atoms with Crippen molar-refractivity contribution in [2.75, 3.05) is 45.1 Å². The van der Waals surface area contributed by atoms with E-state index in [4.69, 9.17) is 27.9 Å². The summed E-state index contributed by atoms with van der Waals surface area (Å²) in [5.41, 5.74) is 2.97. The molecule has 10 heteroatoms. The summed E-state index contributed by atoms with van der Waals surface area (Å²) in [6.45, 7) is 6.96. The van der Waals surface area contributed by atoms with E-state index in [2.05, 4.69) is 20.4 Å². The number of morpholine rings is 1. The minimum absolute atomic E-state index is 0.0742. The highest BCUT2D eigenvalue weighted by Crippen LogP contribution is 2.31. The van der Waals surface area contributed by atoms with E-state index in [9.17, 15) is 4.79 Å². The Bertz CT molecular complexity index is 1130. The summed E-state index contributed by atoms with van der Waals surface area (Å²) in [5, 5.41) is 13.6. The van der Waals surface area contributed by atoms with Gasteiger partial charge < -0.3 is 10.1 Å². The number of aromatic nitrogens is 3. The van der Waals surface area contributed by atoms with Crippen LogP contribution in [-0.2, 0) is 9.53 Å². The molecule has 4 rings (SSSR count). The van der Waals surface area contributed by atoms with Crippen molar-refractivity contribution in [3.8, 4) is 17.1 Å². The first-order valence-corrected chi connectivity index (χ1v) is 13.4. The van der Waals surface area contributed by atoms with Gasteiger partial charge in [-0.2, -0.15) is 0 Å². The zero-order valence-electron chi connectivity index (χ0n) is 19.7. The van der Waals surface area contributed by atoms with Gasteiger partial charge >= 0.3 is 0 Å². The summed E-state index contributed by atoms with van der Waals surface area (Å²) in [6.07, 6.45) is 1.21. The van der Waals surface area contributed by atoms with Crippen LogP contribution >= 0.6 is 35.0 Å². The number of hydrogen-bond donors (Lipinski definition) is 1. The monoisotopic (exact) mass is 533 g/mol. The normalized spacial score (nSPS) is 14.3. The Hall–Kier alpha value is -2.10. The summed E-state index contributed by atoms with van der Waals surface area (Å²) in [7, 11) is 0. The van der Waals surface area contributed by atoms with Gasteiger partial charge in [0.05, 0.1) is 28.9 Å². The predicted octanol–water partition coefficient (Wildman–Crippen LogP) is 4.87. The molecule has 1 saturated heterocycles. The number of nitrogens with one attached hydrogen (secondary N) is 1. The van der Waals surface area contributed by atoms with Crippen molar-refractivity contribution < 1.29 is 9.53 Å².